The molecule has 0 unspecified atom stereocenters. The molecule has 1 aliphatic heterocycles. The summed E-state index contributed by atoms with van der Waals surface area (Å²) in [7, 11) is 0. The summed E-state index contributed by atoms with van der Waals surface area (Å²) < 4.78 is 0.511. The molecule has 120 valence electrons. The molecule has 1 saturated heterocycles. The Kier molecular flexibility index (Phi) is 4.73. The third kappa shape index (κ3) is 3.52. The SMILES string of the molecule is O=C1/C(=C/c2ccc([N+](=O)[O-])cc2)SC(=S)N1Cc1ccccc1. The summed E-state index contributed by atoms with van der Waals surface area (Å²) >= 11 is 6.54. The highest BCUT2D eigenvalue weighted by atomic mass is 32.2. The zero-order valence-corrected chi connectivity index (χ0v) is 14.0. The maximum atomic E-state index is 12.5. The minimum absolute atomic E-state index is 0.0174. The average Bonchev–Trinajstić information content (AvgIpc) is 2.84. The van der Waals surface area contributed by atoms with E-state index >= 15 is 0 Å². The highest BCUT2D eigenvalue weighted by Crippen LogP contribution is 2.33. The molecule has 1 heterocycles. The van der Waals surface area contributed by atoms with Crippen molar-refractivity contribution in [3.63, 3.8) is 0 Å². The normalized spacial score (nSPS) is 16.0. The van der Waals surface area contributed by atoms with Crippen molar-refractivity contribution in [3.8, 4) is 0 Å². The maximum absolute atomic E-state index is 12.5. The van der Waals surface area contributed by atoms with Crippen LogP contribution in [0.4, 0.5) is 5.69 Å². The smallest absolute Gasteiger partial charge is 0.269 e. The van der Waals surface area contributed by atoms with Crippen molar-refractivity contribution in [2.75, 3.05) is 0 Å². The molecule has 0 atom stereocenters. The number of rotatable bonds is 4. The molecule has 1 amide bonds. The molecule has 5 nitrogen and oxygen atoms in total. The number of carbonyl (C=O) groups is 1. The molecule has 24 heavy (non-hydrogen) atoms. The number of amides is 1. The Morgan fingerprint density at radius 2 is 1.79 bits per heavy atom. The van der Waals surface area contributed by atoms with Gasteiger partial charge in [-0.15, -0.1) is 0 Å². The number of carbonyl (C=O) groups excluding carboxylic acids is 1. The summed E-state index contributed by atoms with van der Waals surface area (Å²) in [5, 5.41) is 10.7. The first-order valence-corrected chi connectivity index (χ1v) is 8.31. The first kappa shape index (κ1) is 16.4. The van der Waals surface area contributed by atoms with Gasteiger partial charge in [-0.05, 0) is 29.3 Å². The van der Waals surface area contributed by atoms with Crippen molar-refractivity contribution in [1.29, 1.82) is 0 Å². The first-order chi connectivity index (χ1) is 11.5. The summed E-state index contributed by atoms with van der Waals surface area (Å²) in [5.74, 6) is -0.146. The molecule has 0 bridgehead atoms. The lowest BCUT2D eigenvalue weighted by Gasteiger charge is -2.14. The average molecular weight is 356 g/mol. The van der Waals surface area contributed by atoms with Crippen LogP contribution in [0, 0.1) is 10.1 Å². The number of thioether (sulfide) groups is 1. The van der Waals surface area contributed by atoms with E-state index in [1.165, 1.54) is 23.9 Å². The zero-order valence-electron chi connectivity index (χ0n) is 12.4. The van der Waals surface area contributed by atoms with Crippen LogP contribution in [0.3, 0.4) is 0 Å². The van der Waals surface area contributed by atoms with Gasteiger partial charge in [0.2, 0.25) is 0 Å². The van der Waals surface area contributed by atoms with Gasteiger partial charge in [0.1, 0.15) is 4.32 Å². The summed E-state index contributed by atoms with van der Waals surface area (Å²) in [6, 6.07) is 15.7. The molecule has 0 aromatic heterocycles. The van der Waals surface area contributed by atoms with Crippen LogP contribution in [0.5, 0.6) is 0 Å². The molecule has 0 spiro atoms. The number of hydrogen-bond acceptors (Lipinski definition) is 5. The van der Waals surface area contributed by atoms with Gasteiger partial charge >= 0.3 is 0 Å². The number of hydrogen-bond donors (Lipinski definition) is 0. The van der Waals surface area contributed by atoms with Gasteiger partial charge in [-0.2, -0.15) is 0 Å². The monoisotopic (exact) mass is 356 g/mol. The molecule has 0 saturated carbocycles. The van der Waals surface area contributed by atoms with E-state index in [2.05, 4.69) is 0 Å². The molecular weight excluding hydrogens is 344 g/mol. The van der Waals surface area contributed by atoms with Crippen LogP contribution in [0.2, 0.25) is 0 Å². The van der Waals surface area contributed by atoms with Crippen molar-refractivity contribution in [2.24, 2.45) is 0 Å². The Hall–Kier alpha value is -2.51. The quantitative estimate of drug-likeness (QED) is 0.359. The van der Waals surface area contributed by atoms with E-state index < -0.39 is 4.92 Å². The third-order valence-corrected chi connectivity index (χ3v) is 4.84. The van der Waals surface area contributed by atoms with E-state index in [1.807, 2.05) is 30.3 Å². The molecule has 2 aromatic carbocycles. The lowest BCUT2D eigenvalue weighted by Crippen LogP contribution is -2.27. The Balaban J connectivity index is 1.79. The number of thiocarbonyl (C=S) groups is 1. The van der Waals surface area contributed by atoms with Crippen LogP contribution in [0.1, 0.15) is 11.1 Å². The van der Waals surface area contributed by atoms with E-state index in [9.17, 15) is 14.9 Å². The molecule has 1 fully saturated rings. The van der Waals surface area contributed by atoms with Gasteiger partial charge in [0.25, 0.3) is 11.6 Å². The highest BCUT2D eigenvalue weighted by Gasteiger charge is 2.31. The standard InChI is InChI=1S/C17H12N2O3S2/c20-16-15(10-12-6-8-14(9-7-12)19(21)22)24-17(23)18(16)11-13-4-2-1-3-5-13/h1-10H,11H2/b15-10-. The van der Waals surface area contributed by atoms with Crippen molar-refractivity contribution in [3.05, 3.63) is 80.7 Å². The van der Waals surface area contributed by atoms with E-state index in [1.54, 1.807) is 23.1 Å². The Morgan fingerprint density at radius 1 is 1.12 bits per heavy atom. The molecule has 3 rings (SSSR count). The second-order valence-corrected chi connectivity index (χ2v) is 6.78. The fourth-order valence-electron chi connectivity index (χ4n) is 2.25. The highest BCUT2D eigenvalue weighted by molar-refractivity contribution is 8.26. The molecule has 0 aliphatic carbocycles. The molecule has 2 aromatic rings. The van der Waals surface area contributed by atoms with E-state index in [0.29, 0.717) is 15.8 Å². The van der Waals surface area contributed by atoms with Crippen LogP contribution < -0.4 is 0 Å². The van der Waals surface area contributed by atoms with Crippen LogP contribution in [-0.2, 0) is 11.3 Å². The van der Waals surface area contributed by atoms with Crippen molar-refractivity contribution in [1.82, 2.24) is 4.90 Å². The van der Waals surface area contributed by atoms with Crippen LogP contribution in [0.25, 0.3) is 6.08 Å². The van der Waals surface area contributed by atoms with Crippen LogP contribution >= 0.6 is 24.0 Å². The van der Waals surface area contributed by atoms with Crippen LogP contribution in [-0.4, -0.2) is 20.1 Å². The molecular formula is C17H12N2O3S2. The van der Waals surface area contributed by atoms with Gasteiger partial charge in [0.05, 0.1) is 16.4 Å². The Bertz CT molecular complexity index is 833. The van der Waals surface area contributed by atoms with Crippen molar-refractivity contribution >= 4 is 46.0 Å². The second-order valence-electron chi connectivity index (χ2n) is 5.10. The summed E-state index contributed by atoms with van der Waals surface area (Å²) in [5.41, 5.74) is 1.75. The largest absolute Gasteiger partial charge is 0.288 e. The fraction of sp³-hybridized carbons (Fsp3) is 0.0588. The maximum Gasteiger partial charge on any atom is 0.269 e. The van der Waals surface area contributed by atoms with Gasteiger partial charge in [0.15, 0.2) is 0 Å². The van der Waals surface area contributed by atoms with Gasteiger partial charge in [-0.1, -0.05) is 54.3 Å². The summed E-state index contributed by atoms with van der Waals surface area (Å²) in [4.78, 5) is 24.8. The predicted molar refractivity (Wildman–Crippen MR) is 98.3 cm³/mol. The van der Waals surface area contributed by atoms with Crippen molar-refractivity contribution in [2.45, 2.75) is 6.54 Å². The fourth-order valence-corrected chi connectivity index (χ4v) is 3.50. The van der Waals surface area contributed by atoms with E-state index in [0.717, 1.165) is 11.1 Å². The molecule has 0 radical (unpaired) electrons. The summed E-state index contributed by atoms with van der Waals surface area (Å²) in [6.07, 6.45) is 1.70. The minimum Gasteiger partial charge on any atom is -0.288 e. The first-order valence-electron chi connectivity index (χ1n) is 7.08. The lowest BCUT2D eigenvalue weighted by molar-refractivity contribution is -0.384. The number of benzene rings is 2. The van der Waals surface area contributed by atoms with Crippen LogP contribution in [0.15, 0.2) is 59.5 Å². The molecule has 1 aliphatic rings. The third-order valence-electron chi connectivity index (χ3n) is 3.46. The number of non-ortho nitro benzene ring substituents is 1. The van der Waals surface area contributed by atoms with Gasteiger partial charge < -0.3 is 0 Å². The minimum atomic E-state index is -0.455. The Labute approximate surface area is 148 Å². The number of nitro groups is 1. The lowest BCUT2D eigenvalue weighted by atomic mass is 10.2. The number of nitrogens with zero attached hydrogens (tertiary/aromatic N) is 2. The summed E-state index contributed by atoms with van der Waals surface area (Å²) in [6.45, 7) is 0.434. The molecule has 0 N–H and O–H groups in total. The Morgan fingerprint density at radius 3 is 2.42 bits per heavy atom. The van der Waals surface area contributed by atoms with E-state index in [-0.39, 0.29) is 11.6 Å². The van der Waals surface area contributed by atoms with Gasteiger partial charge in [0, 0.05) is 12.1 Å². The van der Waals surface area contributed by atoms with Gasteiger partial charge in [-0.3, -0.25) is 19.8 Å². The second kappa shape index (κ2) is 6.94. The van der Waals surface area contributed by atoms with Crippen molar-refractivity contribution < 1.29 is 9.72 Å². The van der Waals surface area contributed by atoms with E-state index in [4.69, 9.17) is 12.2 Å². The molecule has 7 heteroatoms. The zero-order chi connectivity index (χ0) is 17.1. The number of nitro benzene ring substituents is 1. The van der Waals surface area contributed by atoms with Gasteiger partial charge in [-0.25, -0.2) is 0 Å². The topological polar surface area (TPSA) is 63.4 Å². The predicted octanol–water partition coefficient (Wildman–Crippen LogP) is 4.00.